The fourth-order valence-electron chi connectivity index (χ4n) is 2.25. The van der Waals surface area contributed by atoms with Gasteiger partial charge >= 0.3 is 0 Å². The van der Waals surface area contributed by atoms with E-state index in [9.17, 15) is 0 Å². The van der Waals surface area contributed by atoms with Crippen LogP contribution in [0.3, 0.4) is 0 Å². The van der Waals surface area contributed by atoms with Crippen LogP contribution >= 0.6 is 0 Å². The molecular weight excluding hydrogens is 266 g/mol. The maximum Gasteiger partial charge on any atom is 0.164 e. The zero-order valence-electron chi connectivity index (χ0n) is 12.7. The van der Waals surface area contributed by atoms with Crippen molar-refractivity contribution in [2.24, 2.45) is 12.8 Å². The monoisotopic (exact) mass is 289 g/mol. The molecule has 0 bridgehead atoms. The van der Waals surface area contributed by atoms with E-state index >= 15 is 0 Å². The molecule has 0 amide bonds. The summed E-state index contributed by atoms with van der Waals surface area (Å²) in [6, 6.07) is 7.94. The van der Waals surface area contributed by atoms with E-state index in [0.29, 0.717) is 19.8 Å². The van der Waals surface area contributed by atoms with Crippen LogP contribution in [-0.4, -0.2) is 29.5 Å². The van der Waals surface area contributed by atoms with Gasteiger partial charge in [-0.05, 0) is 37.6 Å². The van der Waals surface area contributed by atoms with Crippen LogP contribution in [0.1, 0.15) is 18.2 Å². The van der Waals surface area contributed by atoms with E-state index in [1.807, 2.05) is 42.9 Å². The number of para-hydroxylation sites is 1. The molecule has 0 saturated heterocycles. The second kappa shape index (κ2) is 7.69. The molecule has 2 N–H and O–H groups in total. The predicted molar refractivity (Wildman–Crippen MR) is 82.8 cm³/mol. The molecule has 0 spiro atoms. The van der Waals surface area contributed by atoms with Gasteiger partial charge in [0.15, 0.2) is 11.5 Å². The van der Waals surface area contributed by atoms with Gasteiger partial charge in [-0.2, -0.15) is 5.10 Å². The van der Waals surface area contributed by atoms with Gasteiger partial charge in [-0.15, -0.1) is 0 Å². The first-order chi connectivity index (χ1) is 10.3. The molecule has 0 atom stereocenters. The van der Waals surface area contributed by atoms with Crippen LogP contribution in [0.15, 0.2) is 30.5 Å². The van der Waals surface area contributed by atoms with Crippen LogP contribution in [0.2, 0.25) is 0 Å². The second-order valence-electron chi connectivity index (χ2n) is 4.76. The van der Waals surface area contributed by atoms with Gasteiger partial charge < -0.3 is 15.2 Å². The lowest BCUT2D eigenvalue weighted by Gasteiger charge is -2.15. The summed E-state index contributed by atoms with van der Waals surface area (Å²) in [6.07, 6.45) is 3.38. The summed E-state index contributed by atoms with van der Waals surface area (Å²) < 4.78 is 13.5. The standard InChI is InChI=1S/C16H23N3O2/c1-3-20-15-6-4-5-13(7-10-17)16(15)21-12-9-14-8-11-18-19(14)2/h4-6,8,11H,3,7,9-10,12,17H2,1-2H3. The largest absolute Gasteiger partial charge is 0.490 e. The van der Waals surface area contributed by atoms with Crippen molar-refractivity contribution in [3.8, 4) is 11.5 Å². The number of aromatic nitrogens is 2. The number of aryl methyl sites for hydroxylation is 1. The van der Waals surface area contributed by atoms with Gasteiger partial charge in [0, 0.05) is 25.4 Å². The average molecular weight is 289 g/mol. The van der Waals surface area contributed by atoms with Gasteiger partial charge in [0.25, 0.3) is 0 Å². The molecule has 1 aromatic heterocycles. The van der Waals surface area contributed by atoms with Crippen LogP contribution in [0.25, 0.3) is 0 Å². The van der Waals surface area contributed by atoms with Gasteiger partial charge in [0.1, 0.15) is 0 Å². The third-order valence-corrected chi connectivity index (χ3v) is 3.30. The predicted octanol–water partition coefficient (Wildman–Crippen LogP) is 1.94. The van der Waals surface area contributed by atoms with Crippen molar-refractivity contribution < 1.29 is 9.47 Å². The Hall–Kier alpha value is -2.01. The Morgan fingerprint density at radius 1 is 1.19 bits per heavy atom. The summed E-state index contributed by atoms with van der Waals surface area (Å²) in [5.41, 5.74) is 7.91. The number of nitrogens with two attached hydrogens (primary N) is 1. The van der Waals surface area contributed by atoms with Crippen LogP contribution < -0.4 is 15.2 Å². The molecule has 114 valence electrons. The van der Waals surface area contributed by atoms with Gasteiger partial charge in [-0.1, -0.05) is 12.1 Å². The quantitative estimate of drug-likeness (QED) is 0.806. The third-order valence-electron chi connectivity index (χ3n) is 3.30. The van der Waals surface area contributed by atoms with Crippen molar-refractivity contribution in [2.75, 3.05) is 19.8 Å². The SMILES string of the molecule is CCOc1cccc(CCN)c1OCCc1ccnn1C. The summed E-state index contributed by atoms with van der Waals surface area (Å²) in [6.45, 7) is 3.76. The van der Waals surface area contributed by atoms with Crippen LogP contribution in [0.5, 0.6) is 11.5 Å². The lowest BCUT2D eigenvalue weighted by molar-refractivity contribution is 0.275. The summed E-state index contributed by atoms with van der Waals surface area (Å²) in [5.74, 6) is 1.60. The molecular formula is C16H23N3O2. The molecule has 0 aliphatic rings. The smallest absolute Gasteiger partial charge is 0.164 e. The average Bonchev–Trinajstić information content (AvgIpc) is 2.88. The van der Waals surface area contributed by atoms with E-state index in [2.05, 4.69) is 5.10 Å². The fraction of sp³-hybridized carbons (Fsp3) is 0.438. The highest BCUT2D eigenvalue weighted by molar-refractivity contribution is 5.46. The van der Waals surface area contributed by atoms with Crippen molar-refractivity contribution >= 4 is 0 Å². The molecule has 0 saturated carbocycles. The maximum absolute atomic E-state index is 5.98. The first-order valence-electron chi connectivity index (χ1n) is 7.30. The normalized spacial score (nSPS) is 10.6. The summed E-state index contributed by atoms with van der Waals surface area (Å²) in [7, 11) is 1.93. The van der Waals surface area contributed by atoms with Crippen LogP contribution in [0.4, 0.5) is 0 Å². The lowest BCUT2D eigenvalue weighted by Crippen LogP contribution is -2.10. The summed E-state index contributed by atoms with van der Waals surface area (Å²) in [5, 5.41) is 4.16. The van der Waals surface area contributed by atoms with Crippen molar-refractivity contribution in [3.05, 3.63) is 41.7 Å². The Labute approximate surface area is 125 Å². The number of hydrogen-bond donors (Lipinski definition) is 1. The molecule has 0 radical (unpaired) electrons. The van der Waals surface area contributed by atoms with Crippen molar-refractivity contribution in [1.29, 1.82) is 0 Å². The number of ether oxygens (including phenoxy) is 2. The van der Waals surface area contributed by atoms with E-state index < -0.39 is 0 Å². The van der Waals surface area contributed by atoms with Gasteiger partial charge in [0.2, 0.25) is 0 Å². The van der Waals surface area contributed by atoms with Gasteiger partial charge in [0.05, 0.1) is 13.2 Å². The zero-order valence-corrected chi connectivity index (χ0v) is 12.7. The molecule has 5 nitrogen and oxygen atoms in total. The number of benzene rings is 1. The third kappa shape index (κ3) is 3.98. The Bertz CT molecular complexity index is 542. The molecule has 0 aliphatic carbocycles. The zero-order chi connectivity index (χ0) is 15.1. The van der Waals surface area contributed by atoms with Crippen molar-refractivity contribution in [1.82, 2.24) is 9.78 Å². The number of rotatable bonds is 8. The Balaban J connectivity index is 2.07. The Kier molecular flexibility index (Phi) is 5.63. The van der Waals surface area contributed by atoms with Gasteiger partial charge in [-0.25, -0.2) is 0 Å². The number of hydrogen-bond acceptors (Lipinski definition) is 4. The van der Waals surface area contributed by atoms with E-state index in [-0.39, 0.29) is 0 Å². The van der Waals surface area contributed by atoms with Gasteiger partial charge in [-0.3, -0.25) is 4.68 Å². The minimum Gasteiger partial charge on any atom is -0.490 e. The Morgan fingerprint density at radius 2 is 2.05 bits per heavy atom. The summed E-state index contributed by atoms with van der Waals surface area (Å²) in [4.78, 5) is 0. The highest BCUT2D eigenvalue weighted by Gasteiger charge is 2.11. The number of nitrogens with zero attached hydrogens (tertiary/aromatic N) is 2. The molecule has 2 rings (SSSR count). The maximum atomic E-state index is 5.98. The van der Waals surface area contributed by atoms with Crippen molar-refractivity contribution in [2.45, 2.75) is 19.8 Å². The van der Waals surface area contributed by atoms with Crippen molar-refractivity contribution in [3.63, 3.8) is 0 Å². The molecule has 0 unspecified atom stereocenters. The van der Waals surface area contributed by atoms with E-state index in [1.165, 1.54) is 0 Å². The van der Waals surface area contributed by atoms with Crippen LogP contribution in [0, 0.1) is 0 Å². The summed E-state index contributed by atoms with van der Waals surface area (Å²) >= 11 is 0. The molecule has 21 heavy (non-hydrogen) atoms. The molecule has 2 aromatic rings. The highest BCUT2D eigenvalue weighted by atomic mass is 16.5. The second-order valence-corrected chi connectivity index (χ2v) is 4.76. The van der Waals surface area contributed by atoms with E-state index in [4.69, 9.17) is 15.2 Å². The molecule has 1 aromatic carbocycles. The molecule has 1 heterocycles. The van der Waals surface area contributed by atoms with E-state index in [0.717, 1.165) is 35.6 Å². The fourth-order valence-corrected chi connectivity index (χ4v) is 2.25. The lowest BCUT2D eigenvalue weighted by atomic mass is 10.1. The van der Waals surface area contributed by atoms with E-state index in [1.54, 1.807) is 6.20 Å². The Morgan fingerprint density at radius 3 is 2.71 bits per heavy atom. The minimum absolute atomic E-state index is 0.585. The molecule has 5 heteroatoms. The minimum atomic E-state index is 0.585. The first kappa shape index (κ1) is 15.4. The highest BCUT2D eigenvalue weighted by Crippen LogP contribution is 2.31. The first-order valence-corrected chi connectivity index (χ1v) is 7.30. The van der Waals surface area contributed by atoms with Crippen LogP contribution in [-0.2, 0) is 19.9 Å². The molecule has 0 aliphatic heterocycles. The topological polar surface area (TPSA) is 62.3 Å². The molecule has 0 fully saturated rings.